The minimum Gasteiger partial charge on any atom is -0.490 e. The van der Waals surface area contributed by atoms with Crippen LogP contribution in [0.5, 0.6) is 5.75 Å². The fourth-order valence-corrected chi connectivity index (χ4v) is 2.74. The van der Waals surface area contributed by atoms with Crippen molar-refractivity contribution in [2.45, 2.75) is 25.0 Å². The highest BCUT2D eigenvalue weighted by Gasteiger charge is 2.42. The quantitative estimate of drug-likeness (QED) is 0.695. The number of hydrogen-bond donors (Lipinski definition) is 2. The fraction of sp³-hybridized carbons (Fsp3) is 0.500. The van der Waals surface area contributed by atoms with Gasteiger partial charge in [0.15, 0.2) is 0 Å². The lowest BCUT2D eigenvalue weighted by atomic mass is 9.83. The van der Waals surface area contributed by atoms with Gasteiger partial charge in [-0.05, 0) is 25.1 Å². The molecule has 1 saturated heterocycles. The summed E-state index contributed by atoms with van der Waals surface area (Å²) in [5.74, 6) is 0.598. The molecule has 2 aliphatic rings. The van der Waals surface area contributed by atoms with Crippen LogP contribution in [0, 0.1) is 5.82 Å². The molecule has 0 radical (unpaired) electrons. The molecular weight excluding hydrogens is 207 g/mol. The van der Waals surface area contributed by atoms with Crippen LogP contribution in [-0.4, -0.2) is 19.3 Å². The number of fused-ring (bicyclic) bond motifs is 2. The molecule has 4 heteroatoms. The lowest BCUT2D eigenvalue weighted by Gasteiger charge is -2.38. The second-order valence-corrected chi connectivity index (χ2v) is 4.64. The SMILES string of the molecule is CC1CC2(CNCN2)c2cc(F)ccc2O1. The van der Waals surface area contributed by atoms with Crippen LogP contribution in [0.3, 0.4) is 0 Å². The van der Waals surface area contributed by atoms with Gasteiger partial charge in [0, 0.05) is 25.2 Å². The molecule has 0 aromatic heterocycles. The molecule has 1 aromatic rings. The Morgan fingerprint density at radius 2 is 2.38 bits per heavy atom. The average Bonchev–Trinajstić information content (AvgIpc) is 2.69. The molecule has 1 fully saturated rings. The molecule has 2 aliphatic heterocycles. The van der Waals surface area contributed by atoms with Crippen molar-refractivity contribution in [2.75, 3.05) is 13.2 Å². The number of rotatable bonds is 0. The molecule has 2 heterocycles. The average molecular weight is 222 g/mol. The molecule has 2 N–H and O–H groups in total. The summed E-state index contributed by atoms with van der Waals surface area (Å²) in [7, 11) is 0. The van der Waals surface area contributed by atoms with Crippen LogP contribution < -0.4 is 15.4 Å². The van der Waals surface area contributed by atoms with E-state index in [0.29, 0.717) is 0 Å². The van der Waals surface area contributed by atoms with Gasteiger partial charge in [-0.25, -0.2) is 4.39 Å². The van der Waals surface area contributed by atoms with Crippen LogP contribution in [0.2, 0.25) is 0 Å². The molecule has 16 heavy (non-hydrogen) atoms. The Balaban J connectivity index is 2.12. The van der Waals surface area contributed by atoms with Crippen LogP contribution in [-0.2, 0) is 5.54 Å². The number of nitrogens with one attached hydrogen (secondary N) is 2. The van der Waals surface area contributed by atoms with Crippen LogP contribution in [0.4, 0.5) is 4.39 Å². The van der Waals surface area contributed by atoms with E-state index in [1.165, 1.54) is 6.07 Å². The molecule has 2 atom stereocenters. The first-order chi connectivity index (χ1) is 7.70. The highest BCUT2D eigenvalue weighted by molar-refractivity contribution is 5.42. The minimum atomic E-state index is -0.204. The minimum absolute atomic E-state index is 0.158. The van der Waals surface area contributed by atoms with E-state index in [1.807, 2.05) is 6.92 Å². The summed E-state index contributed by atoms with van der Waals surface area (Å²) in [6.07, 6.45) is 1.03. The molecule has 86 valence electrons. The third kappa shape index (κ3) is 1.41. The van der Waals surface area contributed by atoms with E-state index in [4.69, 9.17) is 4.74 Å². The number of benzene rings is 1. The summed E-state index contributed by atoms with van der Waals surface area (Å²) in [6.45, 7) is 3.65. The maximum absolute atomic E-state index is 13.3. The van der Waals surface area contributed by atoms with E-state index in [1.54, 1.807) is 12.1 Å². The van der Waals surface area contributed by atoms with Gasteiger partial charge in [-0.15, -0.1) is 0 Å². The van der Waals surface area contributed by atoms with Crippen molar-refractivity contribution in [1.82, 2.24) is 10.6 Å². The second-order valence-electron chi connectivity index (χ2n) is 4.64. The Hall–Kier alpha value is -1.13. The van der Waals surface area contributed by atoms with Gasteiger partial charge in [-0.1, -0.05) is 0 Å². The van der Waals surface area contributed by atoms with E-state index in [0.717, 1.165) is 30.9 Å². The van der Waals surface area contributed by atoms with Crippen molar-refractivity contribution in [3.63, 3.8) is 0 Å². The van der Waals surface area contributed by atoms with Crippen molar-refractivity contribution in [1.29, 1.82) is 0 Å². The van der Waals surface area contributed by atoms with E-state index in [9.17, 15) is 4.39 Å². The van der Waals surface area contributed by atoms with Crippen LogP contribution in [0.15, 0.2) is 18.2 Å². The largest absolute Gasteiger partial charge is 0.490 e. The Labute approximate surface area is 94.0 Å². The standard InChI is InChI=1S/C12H15FN2O/c1-8-5-12(6-14-7-15-12)10-4-9(13)2-3-11(10)16-8/h2-4,8,14-15H,5-7H2,1H3. The molecule has 0 saturated carbocycles. The highest BCUT2D eigenvalue weighted by atomic mass is 19.1. The van der Waals surface area contributed by atoms with Gasteiger partial charge in [0.25, 0.3) is 0 Å². The molecule has 0 bridgehead atoms. The number of hydrogen-bond acceptors (Lipinski definition) is 3. The summed E-state index contributed by atoms with van der Waals surface area (Å²) in [5.41, 5.74) is 0.783. The van der Waals surface area contributed by atoms with Gasteiger partial charge in [-0.2, -0.15) is 0 Å². The summed E-state index contributed by atoms with van der Waals surface area (Å²) >= 11 is 0. The van der Waals surface area contributed by atoms with Crippen molar-refractivity contribution < 1.29 is 9.13 Å². The van der Waals surface area contributed by atoms with Crippen molar-refractivity contribution in [3.05, 3.63) is 29.6 Å². The first-order valence-electron chi connectivity index (χ1n) is 5.62. The molecule has 1 aromatic carbocycles. The predicted molar refractivity (Wildman–Crippen MR) is 58.8 cm³/mol. The first-order valence-corrected chi connectivity index (χ1v) is 5.62. The number of ether oxygens (including phenoxy) is 1. The van der Waals surface area contributed by atoms with Crippen LogP contribution in [0.25, 0.3) is 0 Å². The number of halogens is 1. The monoisotopic (exact) mass is 222 g/mol. The molecule has 0 amide bonds. The first kappa shape index (κ1) is 10.1. The third-order valence-electron chi connectivity index (χ3n) is 3.40. The molecule has 2 unspecified atom stereocenters. The second kappa shape index (κ2) is 3.43. The zero-order valence-electron chi connectivity index (χ0n) is 9.22. The Bertz CT molecular complexity index is 415. The topological polar surface area (TPSA) is 33.3 Å². The van der Waals surface area contributed by atoms with Gasteiger partial charge in [0.1, 0.15) is 11.6 Å². The van der Waals surface area contributed by atoms with Gasteiger partial charge in [0.2, 0.25) is 0 Å². The third-order valence-corrected chi connectivity index (χ3v) is 3.40. The Kier molecular flexibility index (Phi) is 2.16. The smallest absolute Gasteiger partial charge is 0.125 e. The molecule has 3 rings (SSSR count). The molecular formula is C12H15FN2O. The van der Waals surface area contributed by atoms with Crippen LogP contribution in [0.1, 0.15) is 18.9 Å². The van der Waals surface area contributed by atoms with Gasteiger partial charge >= 0.3 is 0 Å². The highest BCUT2D eigenvalue weighted by Crippen LogP contribution is 2.40. The lowest BCUT2D eigenvalue weighted by Crippen LogP contribution is -2.46. The van der Waals surface area contributed by atoms with E-state index in [-0.39, 0.29) is 17.5 Å². The zero-order chi connectivity index (χ0) is 11.2. The zero-order valence-corrected chi connectivity index (χ0v) is 9.22. The summed E-state index contributed by atoms with van der Waals surface area (Å²) in [5, 5.41) is 6.70. The predicted octanol–water partition coefficient (Wildman–Crippen LogP) is 1.34. The molecule has 1 spiro atoms. The maximum atomic E-state index is 13.3. The molecule has 0 aliphatic carbocycles. The van der Waals surface area contributed by atoms with Crippen molar-refractivity contribution >= 4 is 0 Å². The van der Waals surface area contributed by atoms with E-state index < -0.39 is 0 Å². The van der Waals surface area contributed by atoms with Gasteiger partial charge in [-0.3, -0.25) is 5.32 Å². The normalized spacial score (nSPS) is 32.5. The maximum Gasteiger partial charge on any atom is 0.125 e. The van der Waals surface area contributed by atoms with Gasteiger partial charge < -0.3 is 10.1 Å². The Morgan fingerprint density at radius 1 is 1.50 bits per heavy atom. The lowest BCUT2D eigenvalue weighted by molar-refractivity contribution is 0.133. The van der Waals surface area contributed by atoms with Crippen molar-refractivity contribution in [2.24, 2.45) is 0 Å². The van der Waals surface area contributed by atoms with Crippen LogP contribution >= 0.6 is 0 Å². The van der Waals surface area contributed by atoms with E-state index >= 15 is 0 Å². The fourth-order valence-electron chi connectivity index (χ4n) is 2.74. The summed E-state index contributed by atoms with van der Waals surface area (Å²) in [4.78, 5) is 0. The summed E-state index contributed by atoms with van der Waals surface area (Å²) < 4.78 is 19.1. The van der Waals surface area contributed by atoms with E-state index in [2.05, 4.69) is 10.6 Å². The summed E-state index contributed by atoms with van der Waals surface area (Å²) in [6, 6.07) is 4.76. The van der Waals surface area contributed by atoms with Crippen molar-refractivity contribution in [3.8, 4) is 5.75 Å². The van der Waals surface area contributed by atoms with Gasteiger partial charge in [0.05, 0.1) is 11.6 Å². The molecule has 3 nitrogen and oxygen atoms in total. The Morgan fingerprint density at radius 3 is 3.12 bits per heavy atom.